The number of rotatable bonds is 5. The maximum Gasteiger partial charge on any atom is 0.237 e. The Kier molecular flexibility index (Phi) is 6.62. The van der Waals surface area contributed by atoms with Crippen LogP contribution in [0.3, 0.4) is 0 Å². The van der Waals surface area contributed by atoms with Crippen LogP contribution < -0.4 is 5.32 Å². The van der Waals surface area contributed by atoms with Crippen molar-refractivity contribution < 1.29 is 9.59 Å². The van der Waals surface area contributed by atoms with Gasteiger partial charge in [-0.25, -0.2) is 0 Å². The molecule has 98 valence electrons. The Morgan fingerprint density at radius 3 is 2.24 bits per heavy atom. The number of nitrogens with zero attached hydrogens (tertiary/aromatic N) is 2. The summed E-state index contributed by atoms with van der Waals surface area (Å²) in [6, 6.07) is 0. The van der Waals surface area contributed by atoms with E-state index in [0.717, 1.165) is 19.6 Å². The molecule has 2 amide bonds. The number of hydrogen-bond acceptors (Lipinski definition) is 3. The van der Waals surface area contributed by atoms with Crippen molar-refractivity contribution in [2.24, 2.45) is 0 Å². The first-order chi connectivity index (χ1) is 8.17. The molecule has 1 N–H and O–H groups in total. The van der Waals surface area contributed by atoms with E-state index in [9.17, 15) is 9.59 Å². The number of amides is 2. The predicted octanol–water partition coefficient (Wildman–Crippen LogP) is -0.276. The fraction of sp³-hybridized carbons (Fsp3) is 0.800. The summed E-state index contributed by atoms with van der Waals surface area (Å²) in [6.45, 7) is 4.42. The zero-order chi connectivity index (χ0) is 12.7. The second-order valence-corrected chi connectivity index (χ2v) is 4.37. The van der Waals surface area contributed by atoms with Crippen molar-refractivity contribution in [3.63, 3.8) is 0 Å². The predicted molar refractivity (Wildman–Crippen MR) is 67.5 cm³/mol. The Labute approximate surface area is 111 Å². The molecule has 0 aromatic heterocycles. The molecular formula is C10H17Cl2N3O2. The Bertz CT molecular complexity index is 266. The lowest BCUT2D eigenvalue weighted by Crippen LogP contribution is -2.50. The second kappa shape index (κ2) is 7.74. The molecule has 0 spiro atoms. The molecule has 1 fully saturated rings. The molecule has 1 aliphatic heterocycles. The minimum absolute atomic E-state index is 0.00198. The zero-order valence-corrected chi connectivity index (χ0v) is 11.1. The monoisotopic (exact) mass is 281 g/mol. The smallest absolute Gasteiger partial charge is 0.237 e. The molecule has 0 saturated carbocycles. The first-order valence-corrected chi connectivity index (χ1v) is 6.63. The van der Waals surface area contributed by atoms with Gasteiger partial charge < -0.3 is 10.2 Å². The molecular weight excluding hydrogens is 265 g/mol. The average Bonchev–Trinajstić information content (AvgIpc) is 2.38. The maximum atomic E-state index is 11.3. The minimum Gasteiger partial charge on any atom is -0.354 e. The van der Waals surface area contributed by atoms with Crippen LogP contribution >= 0.6 is 23.2 Å². The first kappa shape index (κ1) is 14.5. The van der Waals surface area contributed by atoms with Crippen molar-refractivity contribution in [3.05, 3.63) is 0 Å². The third kappa shape index (κ3) is 5.10. The number of nitrogens with one attached hydrogen (secondary N) is 1. The van der Waals surface area contributed by atoms with Gasteiger partial charge in [-0.3, -0.25) is 14.5 Å². The summed E-state index contributed by atoms with van der Waals surface area (Å²) in [7, 11) is 0. The molecule has 5 nitrogen and oxygen atoms in total. The third-order valence-corrected chi connectivity index (χ3v) is 3.18. The van der Waals surface area contributed by atoms with Gasteiger partial charge in [0.25, 0.3) is 0 Å². The van der Waals surface area contributed by atoms with Crippen LogP contribution in [0.2, 0.25) is 0 Å². The van der Waals surface area contributed by atoms with Gasteiger partial charge in [-0.15, -0.1) is 23.2 Å². The average molecular weight is 282 g/mol. The standard InChI is InChI=1S/C10H17Cl2N3O2/c11-7-9(16)13-1-2-14-3-5-15(6-4-14)10(17)8-12/h1-8H2,(H,13,16). The summed E-state index contributed by atoms with van der Waals surface area (Å²) < 4.78 is 0. The highest BCUT2D eigenvalue weighted by atomic mass is 35.5. The van der Waals surface area contributed by atoms with E-state index in [0.29, 0.717) is 19.6 Å². The van der Waals surface area contributed by atoms with Crippen LogP contribution in [-0.4, -0.2) is 72.6 Å². The highest BCUT2D eigenvalue weighted by Crippen LogP contribution is 2.02. The summed E-state index contributed by atoms with van der Waals surface area (Å²) >= 11 is 10.9. The number of hydrogen-bond donors (Lipinski definition) is 1. The molecule has 7 heteroatoms. The molecule has 0 atom stereocenters. The molecule has 0 unspecified atom stereocenters. The highest BCUT2D eigenvalue weighted by molar-refractivity contribution is 6.27. The van der Waals surface area contributed by atoms with E-state index in [4.69, 9.17) is 23.2 Å². The second-order valence-electron chi connectivity index (χ2n) is 3.84. The molecule has 0 bridgehead atoms. The lowest BCUT2D eigenvalue weighted by Gasteiger charge is -2.34. The fourth-order valence-corrected chi connectivity index (χ4v) is 1.97. The summed E-state index contributed by atoms with van der Waals surface area (Å²) in [5.41, 5.74) is 0. The van der Waals surface area contributed by atoms with Gasteiger partial charge in [0.15, 0.2) is 0 Å². The number of halogens is 2. The summed E-state index contributed by atoms with van der Waals surface area (Å²) in [4.78, 5) is 26.2. The number of alkyl halides is 2. The van der Waals surface area contributed by atoms with Crippen molar-refractivity contribution in [1.29, 1.82) is 0 Å². The van der Waals surface area contributed by atoms with E-state index in [1.807, 2.05) is 0 Å². The Morgan fingerprint density at radius 2 is 1.71 bits per heavy atom. The van der Waals surface area contributed by atoms with E-state index in [-0.39, 0.29) is 23.6 Å². The van der Waals surface area contributed by atoms with Crippen molar-refractivity contribution in [2.45, 2.75) is 0 Å². The zero-order valence-electron chi connectivity index (χ0n) is 9.62. The summed E-state index contributed by atoms with van der Waals surface area (Å²) in [6.07, 6.45) is 0. The number of carbonyl (C=O) groups is 2. The van der Waals surface area contributed by atoms with Crippen LogP contribution in [0.1, 0.15) is 0 Å². The van der Waals surface area contributed by atoms with E-state index in [1.165, 1.54) is 0 Å². The van der Waals surface area contributed by atoms with E-state index in [2.05, 4.69) is 10.2 Å². The Balaban J connectivity index is 2.15. The molecule has 1 heterocycles. The van der Waals surface area contributed by atoms with Gasteiger partial charge in [-0.05, 0) is 0 Å². The topological polar surface area (TPSA) is 52.7 Å². The Morgan fingerprint density at radius 1 is 1.06 bits per heavy atom. The molecule has 0 aliphatic carbocycles. The SMILES string of the molecule is O=C(CCl)NCCN1CCN(C(=O)CCl)CC1. The van der Waals surface area contributed by atoms with Gasteiger partial charge in [0.2, 0.25) is 11.8 Å². The fourth-order valence-electron chi connectivity index (χ4n) is 1.71. The summed E-state index contributed by atoms with van der Waals surface area (Å²) in [5.74, 6) is -0.117. The third-order valence-electron chi connectivity index (χ3n) is 2.71. The molecule has 1 rings (SSSR count). The van der Waals surface area contributed by atoms with E-state index >= 15 is 0 Å². The van der Waals surface area contributed by atoms with Crippen LogP contribution in [0, 0.1) is 0 Å². The van der Waals surface area contributed by atoms with Crippen molar-refractivity contribution in [3.8, 4) is 0 Å². The lowest BCUT2D eigenvalue weighted by atomic mass is 10.3. The number of carbonyl (C=O) groups excluding carboxylic acids is 2. The van der Waals surface area contributed by atoms with Gasteiger partial charge in [0.05, 0.1) is 0 Å². The molecule has 0 aromatic rings. The number of piperazine rings is 1. The van der Waals surface area contributed by atoms with Crippen molar-refractivity contribution >= 4 is 35.0 Å². The maximum absolute atomic E-state index is 11.3. The van der Waals surface area contributed by atoms with Crippen LogP contribution in [0.4, 0.5) is 0 Å². The summed E-state index contributed by atoms with van der Waals surface area (Å²) in [5, 5.41) is 2.71. The normalized spacial score (nSPS) is 16.9. The molecule has 0 aromatic carbocycles. The van der Waals surface area contributed by atoms with Gasteiger partial charge >= 0.3 is 0 Å². The molecule has 0 radical (unpaired) electrons. The van der Waals surface area contributed by atoms with Gasteiger partial charge in [-0.1, -0.05) is 0 Å². The van der Waals surface area contributed by atoms with Crippen LogP contribution in [-0.2, 0) is 9.59 Å². The Hall–Kier alpha value is -0.520. The van der Waals surface area contributed by atoms with Crippen LogP contribution in [0.5, 0.6) is 0 Å². The highest BCUT2D eigenvalue weighted by Gasteiger charge is 2.19. The van der Waals surface area contributed by atoms with E-state index in [1.54, 1.807) is 4.90 Å². The van der Waals surface area contributed by atoms with E-state index < -0.39 is 0 Å². The van der Waals surface area contributed by atoms with Gasteiger partial charge in [-0.2, -0.15) is 0 Å². The molecule has 1 aliphatic rings. The largest absolute Gasteiger partial charge is 0.354 e. The van der Waals surface area contributed by atoms with Crippen molar-refractivity contribution in [1.82, 2.24) is 15.1 Å². The van der Waals surface area contributed by atoms with Crippen LogP contribution in [0.15, 0.2) is 0 Å². The molecule has 1 saturated heterocycles. The molecule has 17 heavy (non-hydrogen) atoms. The van der Waals surface area contributed by atoms with Gasteiger partial charge in [0, 0.05) is 39.3 Å². The first-order valence-electron chi connectivity index (χ1n) is 5.56. The van der Waals surface area contributed by atoms with Crippen molar-refractivity contribution in [2.75, 3.05) is 51.0 Å². The quantitative estimate of drug-likeness (QED) is 0.706. The minimum atomic E-state index is -0.150. The van der Waals surface area contributed by atoms with Gasteiger partial charge in [0.1, 0.15) is 11.8 Å². The lowest BCUT2D eigenvalue weighted by molar-refractivity contribution is -0.130. The van der Waals surface area contributed by atoms with Crippen LogP contribution in [0.25, 0.3) is 0 Å².